The fourth-order valence-electron chi connectivity index (χ4n) is 2.64. The van der Waals surface area contributed by atoms with Crippen molar-refractivity contribution >= 4 is 11.6 Å². The number of hydrogen-bond acceptors (Lipinski definition) is 5. The van der Waals surface area contributed by atoms with Crippen molar-refractivity contribution in [3.63, 3.8) is 0 Å². The monoisotopic (exact) mass is 380 g/mol. The van der Waals surface area contributed by atoms with E-state index in [-0.39, 0.29) is 17.3 Å². The van der Waals surface area contributed by atoms with Gasteiger partial charge < -0.3 is 4.52 Å². The SMILES string of the molecule is Cn1c(=O)c(-c2noc(-c3ccc(Cl)cc3)n2)cn(-c2ccccc2)c1=O. The van der Waals surface area contributed by atoms with Crippen LogP contribution in [0.5, 0.6) is 0 Å². The van der Waals surface area contributed by atoms with Gasteiger partial charge in [0.25, 0.3) is 11.4 Å². The molecule has 8 heteroatoms. The first kappa shape index (κ1) is 17.0. The standard InChI is InChI=1S/C19H13ClN4O3/c1-23-18(25)15(11-24(19(23)26)14-5-3-2-4-6-14)16-21-17(27-22-16)12-7-9-13(20)10-8-12/h2-11H,1H3. The number of benzene rings is 2. The van der Waals surface area contributed by atoms with E-state index in [1.54, 1.807) is 48.5 Å². The molecule has 0 bridgehead atoms. The minimum absolute atomic E-state index is 0.102. The zero-order valence-corrected chi connectivity index (χ0v) is 14.9. The summed E-state index contributed by atoms with van der Waals surface area (Å²) in [5, 5.41) is 4.49. The van der Waals surface area contributed by atoms with Crippen LogP contribution in [0.1, 0.15) is 0 Å². The second kappa shape index (κ2) is 6.69. The van der Waals surface area contributed by atoms with Gasteiger partial charge in [-0.15, -0.1) is 0 Å². The van der Waals surface area contributed by atoms with E-state index < -0.39 is 11.2 Å². The Morgan fingerprint density at radius 3 is 2.41 bits per heavy atom. The van der Waals surface area contributed by atoms with Gasteiger partial charge in [-0.2, -0.15) is 4.98 Å². The molecule has 0 radical (unpaired) electrons. The Morgan fingerprint density at radius 2 is 1.70 bits per heavy atom. The van der Waals surface area contributed by atoms with Crippen LogP contribution in [0.4, 0.5) is 0 Å². The second-order valence-electron chi connectivity index (χ2n) is 5.83. The average Bonchev–Trinajstić information content (AvgIpc) is 3.17. The van der Waals surface area contributed by atoms with Crippen LogP contribution in [-0.2, 0) is 7.05 Å². The molecule has 134 valence electrons. The van der Waals surface area contributed by atoms with Gasteiger partial charge in [0.15, 0.2) is 0 Å². The predicted octanol–water partition coefficient (Wildman–Crippen LogP) is 2.91. The zero-order chi connectivity index (χ0) is 19.0. The summed E-state index contributed by atoms with van der Waals surface area (Å²) in [5.41, 5.74) is 0.490. The molecule has 0 aliphatic heterocycles. The number of aromatic nitrogens is 4. The molecule has 27 heavy (non-hydrogen) atoms. The average molecular weight is 381 g/mol. The highest BCUT2D eigenvalue weighted by atomic mass is 35.5. The number of hydrogen-bond donors (Lipinski definition) is 0. The smallest absolute Gasteiger partial charge is 0.334 e. The van der Waals surface area contributed by atoms with E-state index in [0.717, 1.165) is 4.57 Å². The highest BCUT2D eigenvalue weighted by Gasteiger charge is 2.17. The molecule has 0 amide bonds. The van der Waals surface area contributed by atoms with Crippen molar-refractivity contribution < 1.29 is 4.52 Å². The number of para-hydroxylation sites is 1. The van der Waals surface area contributed by atoms with Crippen LogP contribution in [-0.4, -0.2) is 19.3 Å². The maximum Gasteiger partial charge on any atom is 0.335 e. The highest BCUT2D eigenvalue weighted by molar-refractivity contribution is 6.30. The Bertz CT molecular complexity index is 1220. The number of halogens is 1. The minimum atomic E-state index is -0.504. The Morgan fingerprint density at radius 1 is 1.00 bits per heavy atom. The summed E-state index contributed by atoms with van der Waals surface area (Å²) in [6.45, 7) is 0. The molecule has 0 aliphatic rings. The molecule has 0 unspecified atom stereocenters. The highest BCUT2D eigenvalue weighted by Crippen LogP contribution is 2.22. The van der Waals surface area contributed by atoms with E-state index >= 15 is 0 Å². The summed E-state index contributed by atoms with van der Waals surface area (Å²) >= 11 is 5.89. The Labute approximate surface area is 158 Å². The van der Waals surface area contributed by atoms with E-state index in [1.807, 2.05) is 6.07 Å². The third-order valence-corrected chi connectivity index (χ3v) is 4.33. The van der Waals surface area contributed by atoms with Crippen LogP contribution < -0.4 is 11.2 Å². The molecule has 7 nitrogen and oxygen atoms in total. The van der Waals surface area contributed by atoms with Crippen LogP contribution in [0.2, 0.25) is 5.02 Å². The molecule has 0 N–H and O–H groups in total. The van der Waals surface area contributed by atoms with Gasteiger partial charge >= 0.3 is 5.69 Å². The third-order valence-electron chi connectivity index (χ3n) is 4.08. The van der Waals surface area contributed by atoms with Crippen molar-refractivity contribution in [2.45, 2.75) is 0 Å². The summed E-state index contributed by atoms with van der Waals surface area (Å²) in [6.07, 6.45) is 1.43. The van der Waals surface area contributed by atoms with Crippen molar-refractivity contribution in [2.24, 2.45) is 7.05 Å². The first-order chi connectivity index (χ1) is 13.0. The molecule has 2 aromatic carbocycles. The van der Waals surface area contributed by atoms with E-state index in [4.69, 9.17) is 16.1 Å². The van der Waals surface area contributed by atoms with Gasteiger partial charge in [-0.25, -0.2) is 4.79 Å². The van der Waals surface area contributed by atoms with Crippen LogP contribution in [0.3, 0.4) is 0 Å². The molecule has 2 aromatic heterocycles. The van der Waals surface area contributed by atoms with Gasteiger partial charge in [0.1, 0.15) is 5.56 Å². The van der Waals surface area contributed by atoms with Gasteiger partial charge in [0.05, 0.1) is 5.69 Å². The first-order valence-corrected chi connectivity index (χ1v) is 8.40. The Hall–Kier alpha value is -3.45. The van der Waals surface area contributed by atoms with Crippen molar-refractivity contribution in [3.05, 3.63) is 86.7 Å². The lowest BCUT2D eigenvalue weighted by atomic mass is 10.2. The molecular formula is C19H13ClN4O3. The third kappa shape index (κ3) is 3.09. The molecule has 4 aromatic rings. The van der Waals surface area contributed by atoms with Crippen molar-refractivity contribution in [1.29, 1.82) is 0 Å². The Kier molecular flexibility index (Phi) is 4.21. The second-order valence-corrected chi connectivity index (χ2v) is 6.26. The van der Waals surface area contributed by atoms with Crippen molar-refractivity contribution in [3.8, 4) is 28.5 Å². The lowest BCUT2D eigenvalue weighted by molar-refractivity contribution is 0.432. The van der Waals surface area contributed by atoms with Gasteiger partial charge in [-0.3, -0.25) is 13.9 Å². The largest absolute Gasteiger partial charge is 0.335 e. The maximum absolute atomic E-state index is 12.6. The van der Waals surface area contributed by atoms with Crippen molar-refractivity contribution in [2.75, 3.05) is 0 Å². The Balaban J connectivity index is 1.85. The molecular weight excluding hydrogens is 368 g/mol. The number of rotatable bonds is 3. The predicted molar refractivity (Wildman–Crippen MR) is 101 cm³/mol. The maximum atomic E-state index is 12.6. The van der Waals surface area contributed by atoms with E-state index in [9.17, 15) is 9.59 Å². The minimum Gasteiger partial charge on any atom is -0.334 e. The van der Waals surface area contributed by atoms with Gasteiger partial charge in [0.2, 0.25) is 5.82 Å². The summed E-state index contributed by atoms with van der Waals surface area (Å²) in [4.78, 5) is 29.4. The lowest BCUT2D eigenvalue weighted by Crippen LogP contribution is -2.37. The van der Waals surface area contributed by atoms with Crippen LogP contribution >= 0.6 is 11.6 Å². The summed E-state index contributed by atoms with van der Waals surface area (Å²) in [7, 11) is 1.41. The normalized spacial score (nSPS) is 10.9. The fraction of sp³-hybridized carbons (Fsp3) is 0.0526. The molecule has 0 fully saturated rings. The topological polar surface area (TPSA) is 82.9 Å². The van der Waals surface area contributed by atoms with Crippen LogP contribution in [0.15, 0.2) is 74.9 Å². The summed E-state index contributed by atoms with van der Waals surface area (Å²) in [6, 6.07) is 15.9. The van der Waals surface area contributed by atoms with E-state index in [0.29, 0.717) is 16.3 Å². The molecule has 0 saturated heterocycles. The van der Waals surface area contributed by atoms with E-state index in [1.165, 1.54) is 17.8 Å². The number of nitrogens with zero attached hydrogens (tertiary/aromatic N) is 4. The van der Waals surface area contributed by atoms with Crippen LogP contribution in [0.25, 0.3) is 28.5 Å². The van der Waals surface area contributed by atoms with E-state index in [2.05, 4.69) is 10.1 Å². The summed E-state index contributed by atoms with van der Waals surface area (Å²) < 4.78 is 7.66. The molecule has 2 heterocycles. The lowest BCUT2D eigenvalue weighted by Gasteiger charge is -2.08. The fourth-order valence-corrected chi connectivity index (χ4v) is 2.76. The zero-order valence-electron chi connectivity index (χ0n) is 14.2. The first-order valence-electron chi connectivity index (χ1n) is 8.03. The van der Waals surface area contributed by atoms with Crippen LogP contribution in [0, 0.1) is 0 Å². The molecule has 0 atom stereocenters. The van der Waals surface area contributed by atoms with Gasteiger partial charge in [0, 0.05) is 23.8 Å². The van der Waals surface area contributed by atoms with Gasteiger partial charge in [-0.1, -0.05) is 35.0 Å². The quantitative estimate of drug-likeness (QED) is 0.545. The summed E-state index contributed by atoms with van der Waals surface area (Å²) in [5.74, 6) is 0.353. The molecule has 0 aliphatic carbocycles. The van der Waals surface area contributed by atoms with Crippen molar-refractivity contribution in [1.82, 2.24) is 19.3 Å². The molecule has 4 rings (SSSR count). The molecule has 0 spiro atoms. The van der Waals surface area contributed by atoms with Gasteiger partial charge in [-0.05, 0) is 36.4 Å². The molecule has 0 saturated carbocycles.